The molecule has 28 heavy (non-hydrogen) atoms. The zero-order valence-electron chi connectivity index (χ0n) is 15.9. The minimum absolute atomic E-state index is 0.0332. The highest BCUT2D eigenvalue weighted by atomic mass is 32.2. The molecule has 10 heteroatoms. The zero-order valence-corrected chi connectivity index (χ0v) is 16.7. The summed E-state index contributed by atoms with van der Waals surface area (Å²) in [4.78, 5) is 10.3. The van der Waals surface area contributed by atoms with E-state index in [1.54, 1.807) is 0 Å². The molecule has 0 fully saturated rings. The predicted octanol–water partition coefficient (Wildman–Crippen LogP) is 1.49. The van der Waals surface area contributed by atoms with Gasteiger partial charge in [0, 0.05) is 19.7 Å². The number of halogens is 1. The van der Waals surface area contributed by atoms with Crippen LogP contribution in [0, 0.1) is 5.82 Å². The van der Waals surface area contributed by atoms with Gasteiger partial charge in [-0.05, 0) is 49.9 Å². The molecule has 0 heterocycles. The molecule has 2 N–H and O–H groups in total. The second-order valence-corrected chi connectivity index (χ2v) is 8.36. The molecule has 0 saturated carbocycles. The molecule has 0 aromatic heterocycles. The van der Waals surface area contributed by atoms with E-state index in [0.29, 0.717) is 38.0 Å². The molecule has 0 spiro atoms. The lowest BCUT2D eigenvalue weighted by molar-refractivity contribution is -0.142. The predicted molar refractivity (Wildman–Crippen MR) is 101 cm³/mol. The molecule has 0 aliphatic heterocycles. The van der Waals surface area contributed by atoms with Crippen LogP contribution < -0.4 is 4.74 Å². The molecule has 1 aromatic carbocycles. The maximum Gasteiger partial charge on any atom is 0.329 e. The second-order valence-electron chi connectivity index (χ2n) is 6.38. The molecule has 0 amide bonds. The SMILES string of the molecule is CS(=O)(=O)N(CCCCOCC(=O)O)CCCC(O)COc1ccc(F)cc1. The van der Waals surface area contributed by atoms with Crippen LogP contribution in [0.3, 0.4) is 0 Å². The summed E-state index contributed by atoms with van der Waals surface area (Å²) in [5, 5.41) is 18.4. The van der Waals surface area contributed by atoms with Gasteiger partial charge in [-0.15, -0.1) is 0 Å². The van der Waals surface area contributed by atoms with Crippen molar-refractivity contribution in [2.45, 2.75) is 31.8 Å². The van der Waals surface area contributed by atoms with E-state index in [-0.39, 0.29) is 32.2 Å². The minimum Gasteiger partial charge on any atom is -0.491 e. The number of carboxylic acids is 1. The van der Waals surface area contributed by atoms with Gasteiger partial charge in [-0.2, -0.15) is 0 Å². The van der Waals surface area contributed by atoms with E-state index in [1.165, 1.54) is 28.6 Å². The summed E-state index contributed by atoms with van der Waals surface area (Å²) in [5.41, 5.74) is 0. The molecule has 0 aliphatic carbocycles. The van der Waals surface area contributed by atoms with Gasteiger partial charge in [0.05, 0.1) is 12.4 Å². The van der Waals surface area contributed by atoms with Gasteiger partial charge in [0.1, 0.15) is 24.8 Å². The fraction of sp³-hybridized carbons (Fsp3) is 0.611. The Morgan fingerprint density at radius 1 is 1.18 bits per heavy atom. The first kappa shape index (κ1) is 24.3. The van der Waals surface area contributed by atoms with Crippen molar-refractivity contribution in [1.82, 2.24) is 4.31 Å². The number of aliphatic hydroxyl groups is 1. The summed E-state index contributed by atoms with van der Waals surface area (Å²) < 4.78 is 48.1. The number of ether oxygens (including phenoxy) is 2. The zero-order chi connectivity index (χ0) is 21.0. The minimum atomic E-state index is -3.38. The average Bonchev–Trinajstić information content (AvgIpc) is 2.61. The number of sulfonamides is 1. The van der Waals surface area contributed by atoms with Crippen molar-refractivity contribution in [2.75, 3.05) is 39.2 Å². The van der Waals surface area contributed by atoms with Gasteiger partial charge in [0.25, 0.3) is 0 Å². The van der Waals surface area contributed by atoms with Crippen LogP contribution in [0.15, 0.2) is 24.3 Å². The Morgan fingerprint density at radius 3 is 2.43 bits per heavy atom. The number of nitrogens with zero attached hydrogens (tertiary/aromatic N) is 1. The Hall–Kier alpha value is -1.75. The van der Waals surface area contributed by atoms with E-state index in [1.807, 2.05) is 0 Å². The molecule has 0 saturated heterocycles. The summed E-state index contributed by atoms with van der Waals surface area (Å²) >= 11 is 0. The van der Waals surface area contributed by atoms with Gasteiger partial charge in [0.2, 0.25) is 10.0 Å². The highest BCUT2D eigenvalue weighted by Crippen LogP contribution is 2.12. The lowest BCUT2D eigenvalue weighted by atomic mass is 10.2. The van der Waals surface area contributed by atoms with E-state index in [9.17, 15) is 22.7 Å². The summed E-state index contributed by atoms with van der Waals surface area (Å²) in [6.07, 6.45) is 2.26. The lowest BCUT2D eigenvalue weighted by Crippen LogP contribution is -2.33. The van der Waals surface area contributed by atoms with Crippen molar-refractivity contribution in [1.29, 1.82) is 0 Å². The lowest BCUT2D eigenvalue weighted by Gasteiger charge is -2.20. The monoisotopic (exact) mass is 421 g/mol. The third-order valence-corrected chi connectivity index (χ3v) is 5.14. The van der Waals surface area contributed by atoms with Gasteiger partial charge in [0.15, 0.2) is 0 Å². The first-order chi connectivity index (χ1) is 13.2. The molecule has 1 rings (SSSR count). The van der Waals surface area contributed by atoms with Gasteiger partial charge >= 0.3 is 5.97 Å². The third kappa shape index (κ3) is 11.2. The summed E-state index contributed by atoms with van der Waals surface area (Å²) in [5.74, 6) is -0.967. The molecule has 1 aromatic rings. The molecule has 1 atom stereocenters. The van der Waals surface area contributed by atoms with E-state index in [2.05, 4.69) is 0 Å². The van der Waals surface area contributed by atoms with Gasteiger partial charge in [-0.3, -0.25) is 0 Å². The first-order valence-corrected chi connectivity index (χ1v) is 10.8. The number of aliphatic hydroxyl groups excluding tert-OH is 1. The second kappa shape index (κ2) is 12.7. The van der Waals surface area contributed by atoms with Crippen LogP contribution in [-0.2, 0) is 19.6 Å². The summed E-state index contributed by atoms with van der Waals surface area (Å²) in [6, 6.07) is 5.46. The van der Waals surface area contributed by atoms with Crippen molar-refractivity contribution in [3.05, 3.63) is 30.1 Å². The highest BCUT2D eigenvalue weighted by Gasteiger charge is 2.16. The van der Waals surface area contributed by atoms with Crippen LogP contribution in [0.25, 0.3) is 0 Å². The molecule has 8 nitrogen and oxygen atoms in total. The van der Waals surface area contributed by atoms with Crippen molar-refractivity contribution in [2.24, 2.45) is 0 Å². The maximum atomic E-state index is 12.8. The molecular weight excluding hydrogens is 393 g/mol. The summed E-state index contributed by atoms with van der Waals surface area (Å²) in [7, 11) is -3.38. The number of carboxylic acid groups (broad SMARTS) is 1. The van der Waals surface area contributed by atoms with Gasteiger partial charge in [-0.1, -0.05) is 0 Å². The van der Waals surface area contributed by atoms with Crippen molar-refractivity contribution < 1.29 is 37.3 Å². The average molecular weight is 421 g/mol. The van der Waals surface area contributed by atoms with Crippen LogP contribution in [0.5, 0.6) is 5.75 Å². The van der Waals surface area contributed by atoms with Crippen LogP contribution in [0.2, 0.25) is 0 Å². The molecule has 1 unspecified atom stereocenters. The normalized spacial score (nSPS) is 12.9. The van der Waals surface area contributed by atoms with Crippen LogP contribution in [0.1, 0.15) is 25.7 Å². The topological polar surface area (TPSA) is 113 Å². The van der Waals surface area contributed by atoms with Crippen molar-refractivity contribution in [3.8, 4) is 5.75 Å². The fourth-order valence-corrected chi connectivity index (χ4v) is 3.33. The number of rotatable bonds is 15. The summed E-state index contributed by atoms with van der Waals surface area (Å²) in [6.45, 7) is 0.488. The smallest absolute Gasteiger partial charge is 0.329 e. The Labute approximate surface area is 164 Å². The third-order valence-electron chi connectivity index (χ3n) is 3.84. The number of hydrogen-bond acceptors (Lipinski definition) is 6. The molecule has 0 aliphatic rings. The Balaban J connectivity index is 2.26. The Bertz CT molecular complexity index is 682. The maximum absolute atomic E-state index is 12.8. The van der Waals surface area contributed by atoms with E-state index < -0.39 is 22.1 Å². The quantitative estimate of drug-likeness (QED) is 0.413. The van der Waals surface area contributed by atoms with E-state index in [0.717, 1.165) is 6.26 Å². The Kier molecular flexibility index (Phi) is 11.0. The fourth-order valence-electron chi connectivity index (χ4n) is 2.41. The van der Waals surface area contributed by atoms with Crippen LogP contribution in [0.4, 0.5) is 4.39 Å². The molecule has 160 valence electrons. The number of unbranched alkanes of at least 4 members (excludes halogenated alkanes) is 1. The van der Waals surface area contributed by atoms with Crippen molar-refractivity contribution >= 4 is 16.0 Å². The highest BCUT2D eigenvalue weighted by molar-refractivity contribution is 7.88. The van der Waals surface area contributed by atoms with Gasteiger partial charge in [-0.25, -0.2) is 21.9 Å². The molecular formula is C18H28FNO7S. The van der Waals surface area contributed by atoms with Gasteiger partial charge < -0.3 is 19.7 Å². The number of hydrogen-bond donors (Lipinski definition) is 2. The number of carbonyl (C=O) groups is 1. The van der Waals surface area contributed by atoms with Crippen molar-refractivity contribution in [3.63, 3.8) is 0 Å². The van der Waals surface area contributed by atoms with Crippen LogP contribution >= 0.6 is 0 Å². The van der Waals surface area contributed by atoms with Crippen LogP contribution in [-0.4, -0.2) is 74.2 Å². The number of benzene rings is 1. The molecule has 0 bridgehead atoms. The number of aliphatic carboxylic acids is 1. The van der Waals surface area contributed by atoms with E-state index >= 15 is 0 Å². The largest absolute Gasteiger partial charge is 0.491 e. The standard InChI is InChI=1S/C18H28FNO7S/c1-28(24,25)20(10-2-3-12-26-14-18(22)23)11-4-5-16(21)13-27-17-8-6-15(19)7-9-17/h6-9,16,21H,2-5,10-14H2,1H3,(H,22,23). The van der Waals surface area contributed by atoms with E-state index in [4.69, 9.17) is 14.6 Å². The first-order valence-electron chi connectivity index (χ1n) is 8.99. The Morgan fingerprint density at radius 2 is 1.82 bits per heavy atom. The molecule has 0 radical (unpaired) electrons.